The topological polar surface area (TPSA) is 29.3 Å². The van der Waals surface area contributed by atoms with E-state index in [-0.39, 0.29) is 0 Å². The van der Waals surface area contributed by atoms with Gasteiger partial charge in [-0.3, -0.25) is 4.90 Å². The second-order valence-corrected chi connectivity index (χ2v) is 7.28. The molecule has 0 aromatic carbocycles. The van der Waals surface area contributed by atoms with E-state index in [1.165, 1.54) is 57.3 Å². The Kier molecular flexibility index (Phi) is 2.73. The maximum atomic E-state index is 5.57. The van der Waals surface area contributed by atoms with Crippen LogP contribution in [-0.2, 0) is 6.54 Å². The molecule has 3 fully saturated rings. The second kappa shape index (κ2) is 4.34. The SMILES string of the molecule is CC12CC1CN(Cc1cc(C3CCCCC3)no1)C2. The van der Waals surface area contributed by atoms with Gasteiger partial charge in [-0.2, -0.15) is 0 Å². The van der Waals surface area contributed by atoms with E-state index in [9.17, 15) is 0 Å². The first kappa shape index (κ1) is 12.0. The lowest BCUT2D eigenvalue weighted by atomic mass is 9.87. The number of nitrogens with zero attached hydrogens (tertiary/aromatic N) is 2. The minimum Gasteiger partial charge on any atom is -0.360 e. The third kappa shape index (κ3) is 2.22. The van der Waals surface area contributed by atoms with E-state index in [1.807, 2.05) is 0 Å². The molecule has 2 saturated carbocycles. The summed E-state index contributed by atoms with van der Waals surface area (Å²) in [4.78, 5) is 2.54. The molecular formula is C16H24N2O. The summed E-state index contributed by atoms with van der Waals surface area (Å²) in [5.74, 6) is 2.69. The van der Waals surface area contributed by atoms with Gasteiger partial charge in [-0.05, 0) is 30.6 Å². The van der Waals surface area contributed by atoms with Crippen molar-refractivity contribution < 1.29 is 4.52 Å². The molecule has 0 radical (unpaired) electrons. The van der Waals surface area contributed by atoms with Gasteiger partial charge in [0.2, 0.25) is 0 Å². The zero-order valence-electron chi connectivity index (χ0n) is 11.9. The highest BCUT2D eigenvalue weighted by Crippen LogP contribution is 2.57. The van der Waals surface area contributed by atoms with Crippen molar-refractivity contribution in [2.75, 3.05) is 13.1 Å². The lowest BCUT2D eigenvalue weighted by Crippen LogP contribution is -2.23. The molecule has 2 aliphatic carbocycles. The number of aromatic nitrogens is 1. The van der Waals surface area contributed by atoms with Crippen LogP contribution in [0.15, 0.2) is 10.6 Å². The molecule has 2 atom stereocenters. The number of hydrogen-bond donors (Lipinski definition) is 0. The van der Waals surface area contributed by atoms with Crippen molar-refractivity contribution in [3.63, 3.8) is 0 Å². The largest absolute Gasteiger partial charge is 0.360 e. The maximum Gasteiger partial charge on any atom is 0.150 e. The molecule has 0 spiro atoms. The molecule has 104 valence electrons. The Labute approximate surface area is 115 Å². The molecule has 3 nitrogen and oxygen atoms in total. The van der Waals surface area contributed by atoms with Crippen LogP contribution in [0.1, 0.15) is 62.8 Å². The van der Waals surface area contributed by atoms with E-state index in [0.717, 1.165) is 18.2 Å². The molecule has 0 bridgehead atoms. The van der Waals surface area contributed by atoms with Crippen molar-refractivity contribution in [2.45, 2.75) is 57.9 Å². The van der Waals surface area contributed by atoms with Crippen LogP contribution in [0.4, 0.5) is 0 Å². The van der Waals surface area contributed by atoms with Crippen LogP contribution in [0.3, 0.4) is 0 Å². The fourth-order valence-corrected chi connectivity index (χ4v) is 4.20. The van der Waals surface area contributed by atoms with Crippen molar-refractivity contribution in [3.05, 3.63) is 17.5 Å². The molecule has 1 saturated heterocycles. The van der Waals surface area contributed by atoms with E-state index >= 15 is 0 Å². The number of piperidine rings is 1. The van der Waals surface area contributed by atoms with Crippen LogP contribution in [0.25, 0.3) is 0 Å². The molecule has 0 amide bonds. The summed E-state index contributed by atoms with van der Waals surface area (Å²) in [5, 5.41) is 4.33. The molecule has 3 aliphatic rings. The van der Waals surface area contributed by atoms with Gasteiger partial charge >= 0.3 is 0 Å². The Morgan fingerprint density at radius 3 is 2.95 bits per heavy atom. The Morgan fingerprint density at radius 2 is 2.21 bits per heavy atom. The van der Waals surface area contributed by atoms with Crippen molar-refractivity contribution in [1.82, 2.24) is 10.1 Å². The Bertz CT molecular complexity index is 463. The summed E-state index contributed by atoms with van der Waals surface area (Å²) in [6.07, 6.45) is 8.16. The summed E-state index contributed by atoms with van der Waals surface area (Å²) in [6, 6.07) is 2.22. The molecule has 0 N–H and O–H groups in total. The number of fused-ring (bicyclic) bond motifs is 1. The molecule has 19 heavy (non-hydrogen) atoms. The normalized spacial score (nSPS) is 35.5. The minimum absolute atomic E-state index is 0.631. The van der Waals surface area contributed by atoms with Crippen LogP contribution >= 0.6 is 0 Å². The standard InChI is InChI=1S/C16H24N2O/c1-16-8-13(16)9-18(11-16)10-14-7-15(17-19-14)12-5-3-2-4-6-12/h7,12-13H,2-6,8-11H2,1H3. The molecule has 3 heteroatoms. The van der Waals surface area contributed by atoms with Crippen LogP contribution < -0.4 is 0 Å². The first-order valence-corrected chi connectivity index (χ1v) is 7.91. The highest BCUT2D eigenvalue weighted by molar-refractivity contribution is 5.13. The Morgan fingerprint density at radius 1 is 1.37 bits per heavy atom. The fraction of sp³-hybridized carbons (Fsp3) is 0.812. The second-order valence-electron chi connectivity index (χ2n) is 7.28. The van der Waals surface area contributed by atoms with Crippen LogP contribution in [0.5, 0.6) is 0 Å². The maximum absolute atomic E-state index is 5.57. The van der Waals surface area contributed by atoms with E-state index in [1.54, 1.807) is 0 Å². The average molecular weight is 260 g/mol. The van der Waals surface area contributed by atoms with Crippen molar-refractivity contribution in [3.8, 4) is 0 Å². The van der Waals surface area contributed by atoms with Gasteiger partial charge in [0.25, 0.3) is 0 Å². The number of rotatable bonds is 3. The summed E-state index contributed by atoms with van der Waals surface area (Å²) < 4.78 is 5.57. The van der Waals surface area contributed by atoms with E-state index < -0.39 is 0 Å². The highest BCUT2D eigenvalue weighted by Gasteiger charge is 2.55. The monoisotopic (exact) mass is 260 g/mol. The molecule has 2 heterocycles. The first-order chi connectivity index (χ1) is 9.23. The predicted octanol–water partition coefficient (Wildman–Crippen LogP) is 3.56. The summed E-state index contributed by atoms with van der Waals surface area (Å²) in [7, 11) is 0. The number of likely N-dealkylation sites (tertiary alicyclic amines) is 1. The highest BCUT2D eigenvalue weighted by atomic mass is 16.5. The molecule has 2 unspecified atom stereocenters. The zero-order valence-corrected chi connectivity index (χ0v) is 11.9. The first-order valence-electron chi connectivity index (χ1n) is 7.91. The summed E-state index contributed by atoms with van der Waals surface area (Å²) >= 11 is 0. The average Bonchev–Trinajstić information content (AvgIpc) is 2.79. The molecule has 1 aromatic heterocycles. The Hall–Kier alpha value is -0.830. The van der Waals surface area contributed by atoms with Gasteiger partial charge < -0.3 is 4.52 Å². The summed E-state index contributed by atoms with van der Waals surface area (Å²) in [5.41, 5.74) is 1.84. The molecule has 4 rings (SSSR count). The van der Waals surface area contributed by atoms with Gasteiger partial charge in [-0.25, -0.2) is 0 Å². The van der Waals surface area contributed by atoms with E-state index in [4.69, 9.17) is 4.52 Å². The van der Waals surface area contributed by atoms with Gasteiger partial charge in [0.15, 0.2) is 5.76 Å². The van der Waals surface area contributed by atoms with Gasteiger partial charge in [0, 0.05) is 25.1 Å². The lowest BCUT2D eigenvalue weighted by molar-refractivity contribution is 0.240. The lowest BCUT2D eigenvalue weighted by Gasteiger charge is -2.18. The van der Waals surface area contributed by atoms with Gasteiger partial charge in [-0.1, -0.05) is 31.3 Å². The quantitative estimate of drug-likeness (QED) is 0.832. The molecular weight excluding hydrogens is 236 g/mol. The van der Waals surface area contributed by atoms with E-state index in [0.29, 0.717) is 11.3 Å². The van der Waals surface area contributed by atoms with Crippen LogP contribution in [-0.4, -0.2) is 23.1 Å². The van der Waals surface area contributed by atoms with Gasteiger partial charge in [-0.15, -0.1) is 0 Å². The van der Waals surface area contributed by atoms with Crippen LogP contribution in [0, 0.1) is 11.3 Å². The van der Waals surface area contributed by atoms with Crippen molar-refractivity contribution in [2.24, 2.45) is 11.3 Å². The van der Waals surface area contributed by atoms with E-state index in [2.05, 4.69) is 23.0 Å². The minimum atomic E-state index is 0.631. The third-order valence-electron chi connectivity index (χ3n) is 5.58. The van der Waals surface area contributed by atoms with Crippen molar-refractivity contribution in [1.29, 1.82) is 0 Å². The molecule has 1 aliphatic heterocycles. The zero-order chi connectivity index (χ0) is 12.9. The third-order valence-corrected chi connectivity index (χ3v) is 5.58. The van der Waals surface area contributed by atoms with Crippen LogP contribution in [0.2, 0.25) is 0 Å². The predicted molar refractivity (Wildman–Crippen MR) is 73.8 cm³/mol. The smallest absolute Gasteiger partial charge is 0.150 e. The van der Waals surface area contributed by atoms with Crippen molar-refractivity contribution >= 4 is 0 Å². The van der Waals surface area contributed by atoms with Gasteiger partial charge in [0.1, 0.15) is 0 Å². The molecule has 1 aromatic rings. The number of hydrogen-bond acceptors (Lipinski definition) is 3. The van der Waals surface area contributed by atoms with Gasteiger partial charge in [0.05, 0.1) is 12.2 Å². The fourth-order valence-electron chi connectivity index (χ4n) is 4.20. The summed E-state index contributed by atoms with van der Waals surface area (Å²) in [6.45, 7) is 5.89. The Balaban J connectivity index is 1.38.